The van der Waals surface area contributed by atoms with Crippen LogP contribution >= 0.6 is 23.2 Å². The van der Waals surface area contributed by atoms with E-state index in [0.29, 0.717) is 45.3 Å². The molecule has 1 aromatic heterocycles. The van der Waals surface area contributed by atoms with Gasteiger partial charge in [-0.25, -0.2) is 4.79 Å². The molecule has 3 aromatic rings. The molecule has 2 heterocycles. The number of hydrogen-bond donors (Lipinski definition) is 1. The average Bonchev–Trinajstić information content (AvgIpc) is 3.23. The Kier molecular flexibility index (Phi) is 5.37. The molecule has 0 spiro atoms. The number of nitrogens with zero attached hydrogens (tertiary/aromatic N) is 2. The van der Waals surface area contributed by atoms with Crippen LogP contribution in [-0.4, -0.2) is 38.9 Å². The van der Waals surface area contributed by atoms with Crippen molar-refractivity contribution in [3.63, 3.8) is 0 Å². The van der Waals surface area contributed by atoms with Crippen LogP contribution in [0.1, 0.15) is 37.6 Å². The molecule has 0 saturated carbocycles. The lowest BCUT2D eigenvalue weighted by Gasteiger charge is -2.14. The lowest BCUT2D eigenvalue weighted by molar-refractivity contribution is 0.0640. The fourth-order valence-corrected chi connectivity index (χ4v) is 4.10. The summed E-state index contributed by atoms with van der Waals surface area (Å²) >= 11 is 12.2. The lowest BCUT2D eigenvalue weighted by atomic mass is 10.1. The Bertz CT molecular complexity index is 1150. The number of imide groups is 1. The summed E-state index contributed by atoms with van der Waals surface area (Å²) in [7, 11) is 0. The number of rotatable bonds is 6. The van der Waals surface area contributed by atoms with Crippen molar-refractivity contribution >= 4 is 41.0 Å². The minimum Gasteiger partial charge on any atom is -0.477 e. The number of aromatic nitrogens is 1. The van der Waals surface area contributed by atoms with Crippen LogP contribution in [0.25, 0.3) is 11.1 Å². The average molecular weight is 443 g/mol. The van der Waals surface area contributed by atoms with E-state index in [2.05, 4.69) is 0 Å². The molecule has 4 rings (SSSR count). The van der Waals surface area contributed by atoms with E-state index < -0.39 is 5.97 Å². The topological polar surface area (TPSA) is 79.6 Å². The predicted molar refractivity (Wildman–Crippen MR) is 113 cm³/mol. The maximum absolute atomic E-state index is 12.5. The molecule has 2 aromatic carbocycles. The zero-order valence-electron chi connectivity index (χ0n) is 15.6. The van der Waals surface area contributed by atoms with Gasteiger partial charge < -0.3 is 9.67 Å². The van der Waals surface area contributed by atoms with Gasteiger partial charge in [-0.3, -0.25) is 14.5 Å². The van der Waals surface area contributed by atoms with Crippen LogP contribution in [0, 0.1) is 0 Å². The van der Waals surface area contributed by atoms with Gasteiger partial charge in [-0.15, -0.1) is 0 Å². The number of carbonyl (C=O) groups excluding carboxylic acids is 2. The van der Waals surface area contributed by atoms with Crippen LogP contribution in [0.5, 0.6) is 0 Å². The molecule has 0 fully saturated rings. The molecule has 152 valence electrons. The molecule has 1 aliphatic heterocycles. The standard InChI is InChI=1S/C22H16Cl2N2O4/c23-14-6-7-15(18(24)11-14)13-10-19(22(29)30)25(12-13)8-3-9-26-20(27)16-4-1-2-5-17(16)21(26)28/h1-2,4-7,10-12H,3,8-9H2,(H,29,30). The molecular weight excluding hydrogens is 427 g/mol. The van der Waals surface area contributed by atoms with Crippen molar-refractivity contribution in [3.8, 4) is 11.1 Å². The largest absolute Gasteiger partial charge is 0.477 e. The highest BCUT2D eigenvalue weighted by Crippen LogP contribution is 2.32. The first kappa shape index (κ1) is 20.2. The zero-order valence-corrected chi connectivity index (χ0v) is 17.2. The van der Waals surface area contributed by atoms with Gasteiger partial charge in [0.1, 0.15) is 5.69 Å². The molecule has 0 aliphatic carbocycles. The predicted octanol–water partition coefficient (Wildman–Crippen LogP) is 4.85. The minimum absolute atomic E-state index is 0.0957. The van der Waals surface area contributed by atoms with Gasteiger partial charge in [0.25, 0.3) is 11.8 Å². The zero-order chi connectivity index (χ0) is 21.4. The van der Waals surface area contributed by atoms with Crippen molar-refractivity contribution in [2.75, 3.05) is 6.54 Å². The van der Waals surface area contributed by atoms with Gasteiger partial charge in [-0.05, 0) is 36.8 Å². The van der Waals surface area contributed by atoms with Gasteiger partial charge in [0.15, 0.2) is 0 Å². The van der Waals surface area contributed by atoms with Gasteiger partial charge in [0, 0.05) is 40.5 Å². The van der Waals surface area contributed by atoms with Gasteiger partial charge >= 0.3 is 5.97 Å². The smallest absolute Gasteiger partial charge is 0.352 e. The Morgan fingerprint density at radius 2 is 1.57 bits per heavy atom. The van der Waals surface area contributed by atoms with Crippen LogP contribution in [0.2, 0.25) is 10.0 Å². The molecule has 0 saturated heterocycles. The van der Waals surface area contributed by atoms with Crippen molar-refractivity contribution in [2.24, 2.45) is 0 Å². The van der Waals surface area contributed by atoms with E-state index in [1.54, 1.807) is 59.3 Å². The van der Waals surface area contributed by atoms with E-state index in [9.17, 15) is 19.5 Å². The second kappa shape index (κ2) is 7.97. The summed E-state index contributed by atoms with van der Waals surface area (Å²) in [6.07, 6.45) is 2.11. The van der Waals surface area contributed by atoms with Crippen LogP contribution in [0.3, 0.4) is 0 Å². The van der Waals surface area contributed by atoms with Gasteiger partial charge in [0.05, 0.1) is 11.1 Å². The first-order valence-electron chi connectivity index (χ1n) is 9.21. The summed E-state index contributed by atoms with van der Waals surface area (Å²) < 4.78 is 1.58. The monoisotopic (exact) mass is 442 g/mol. The van der Waals surface area contributed by atoms with Crippen LogP contribution < -0.4 is 0 Å². The molecule has 1 N–H and O–H groups in total. The normalized spacial score (nSPS) is 13.1. The van der Waals surface area contributed by atoms with E-state index in [1.807, 2.05) is 0 Å². The molecule has 6 nitrogen and oxygen atoms in total. The van der Waals surface area contributed by atoms with Crippen molar-refractivity contribution in [3.05, 3.63) is 81.6 Å². The van der Waals surface area contributed by atoms with E-state index in [-0.39, 0.29) is 24.1 Å². The number of amides is 2. The summed E-state index contributed by atoms with van der Waals surface area (Å²) in [6, 6.07) is 13.2. The Labute approximate surface area is 182 Å². The number of hydrogen-bond acceptors (Lipinski definition) is 3. The van der Waals surface area contributed by atoms with Crippen LogP contribution in [0.4, 0.5) is 0 Å². The first-order chi connectivity index (χ1) is 14.4. The summed E-state index contributed by atoms with van der Waals surface area (Å²) in [5.74, 6) is -1.72. The van der Waals surface area contributed by atoms with E-state index in [1.165, 1.54) is 4.90 Å². The number of carbonyl (C=O) groups is 3. The molecule has 30 heavy (non-hydrogen) atoms. The number of fused-ring (bicyclic) bond motifs is 1. The summed E-state index contributed by atoms with van der Waals surface area (Å²) in [4.78, 5) is 37.8. The second-order valence-corrected chi connectivity index (χ2v) is 7.74. The molecule has 0 bridgehead atoms. The van der Waals surface area contributed by atoms with Crippen molar-refractivity contribution in [1.29, 1.82) is 0 Å². The summed E-state index contributed by atoms with van der Waals surface area (Å²) in [6.45, 7) is 0.515. The minimum atomic E-state index is -1.08. The SMILES string of the molecule is O=C(O)c1cc(-c2ccc(Cl)cc2Cl)cn1CCCN1C(=O)c2ccccc2C1=O. The van der Waals surface area contributed by atoms with Crippen molar-refractivity contribution in [1.82, 2.24) is 9.47 Å². The molecule has 8 heteroatoms. The number of carboxylic acid groups (broad SMARTS) is 1. The Balaban J connectivity index is 1.51. The summed E-state index contributed by atoms with van der Waals surface area (Å²) in [5.41, 5.74) is 2.21. The third-order valence-corrected chi connectivity index (χ3v) is 5.56. The third-order valence-electron chi connectivity index (χ3n) is 5.02. The molecule has 2 amide bonds. The van der Waals surface area contributed by atoms with Crippen LogP contribution in [-0.2, 0) is 6.54 Å². The molecule has 0 radical (unpaired) electrons. The van der Waals surface area contributed by atoms with Crippen molar-refractivity contribution in [2.45, 2.75) is 13.0 Å². The van der Waals surface area contributed by atoms with Crippen LogP contribution in [0.15, 0.2) is 54.7 Å². The Morgan fingerprint density at radius 3 is 2.17 bits per heavy atom. The Hall–Kier alpha value is -3.09. The van der Waals surface area contributed by atoms with E-state index in [0.717, 1.165) is 0 Å². The van der Waals surface area contributed by atoms with Gasteiger partial charge in [0.2, 0.25) is 0 Å². The first-order valence-corrected chi connectivity index (χ1v) is 9.96. The quantitative estimate of drug-likeness (QED) is 0.553. The second-order valence-electron chi connectivity index (χ2n) is 6.90. The maximum atomic E-state index is 12.5. The lowest BCUT2D eigenvalue weighted by Crippen LogP contribution is -2.31. The molecule has 0 atom stereocenters. The molecule has 1 aliphatic rings. The maximum Gasteiger partial charge on any atom is 0.352 e. The van der Waals surface area contributed by atoms with Gasteiger partial charge in [-0.1, -0.05) is 41.4 Å². The number of halogens is 2. The third kappa shape index (κ3) is 3.60. The fourth-order valence-electron chi connectivity index (χ4n) is 3.59. The number of carboxylic acids is 1. The number of benzene rings is 2. The number of aromatic carboxylic acids is 1. The highest BCUT2D eigenvalue weighted by Gasteiger charge is 2.34. The van der Waals surface area contributed by atoms with E-state index >= 15 is 0 Å². The van der Waals surface area contributed by atoms with E-state index in [4.69, 9.17) is 23.2 Å². The van der Waals surface area contributed by atoms with Gasteiger partial charge in [-0.2, -0.15) is 0 Å². The highest BCUT2D eigenvalue weighted by molar-refractivity contribution is 6.36. The summed E-state index contributed by atoms with van der Waals surface area (Å²) in [5, 5.41) is 10.5. The molecule has 0 unspecified atom stereocenters. The highest BCUT2D eigenvalue weighted by atomic mass is 35.5. The number of aryl methyl sites for hydroxylation is 1. The Morgan fingerprint density at radius 1 is 0.900 bits per heavy atom. The fraction of sp³-hybridized carbons (Fsp3) is 0.136. The van der Waals surface area contributed by atoms with Crippen molar-refractivity contribution < 1.29 is 19.5 Å². The molecular formula is C22H16Cl2N2O4.